The summed E-state index contributed by atoms with van der Waals surface area (Å²) < 4.78 is 28.5. The molecule has 6 nitrogen and oxygen atoms in total. The van der Waals surface area contributed by atoms with E-state index in [2.05, 4.69) is 0 Å². The monoisotopic (exact) mass is 368 g/mol. The maximum Gasteiger partial charge on any atom is 0.343 e. The highest BCUT2D eigenvalue weighted by molar-refractivity contribution is 5.90. The van der Waals surface area contributed by atoms with Crippen molar-refractivity contribution in [3.05, 3.63) is 83.6 Å². The predicted octanol–water partition coefficient (Wildman–Crippen LogP) is 3.21. The molecule has 2 heterocycles. The molecule has 1 fully saturated rings. The van der Waals surface area contributed by atoms with Crippen LogP contribution in [0.1, 0.15) is 22.2 Å². The number of carbonyl (C=O) groups excluding carboxylic acids is 1. The van der Waals surface area contributed by atoms with E-state index < -0.39 is 24.7 Å². The van der Waals surface area contributed by atoms with Gasteiger partial charge in [0.05, 0.1) is 12.2 Å². The van der Waals surface area contributed by atoms with Crippen molar-refractivity contribution in [2.45, 2.75) is 24.8 Å². The molecule has 0 unspecified atom stereocenters. The molecule has 0 aliphatic carbocycles. The molecule has 0 aromatic heterocycles. The van der Waals surface area contributed by atoms with Gasteiger partial charge in [-0.3, -0.25) is 0 Å². The van der Waals surface area contributed by atoms with Crippen LogP contribution in [0.2, 0.25) is 0 Å². The summed E-state index contributed by atoms with van der Waals surface area (Å²) in [5, 5.41) is 0. The van der Waals surface area contributed by atoms with Gasteiger partial charge >= 0.3 is 5.97 Å². The second-order valence-corrected chi connectivity index (χ2v) is 6.24. The SMILES string of the molecule is CO[C@H]1O[C@@H]2CO[C@@H](c3ccccc3)O[C@H]2C=C1OC(=O)c1ccccc1. The van der Waals surface area contributed by atoms with Crippen molar-refractivity contribution in [1.82, 2.24) is 0 Å². The Morgan fingerprint density at radius 1 is 1.00 bits per heavy atom. The van der Waals surface area contributed by atoms with Crippen molar-refractivity contribution >= 4 is 5.97 Å². The number of hydrogen-bond acceptors (Lipinski definition) is 6. The summed E-state index contributed by atoms with van der Waals surface area (Å²) in [7, 11) is 1.49. The Kier molecular flexibility index (Phi) is 5.31. The molecular formula is C21H20O6. The largest absolute Gasteiger partial charge is 0.422 e. The van der Waals surface area contributed by atoms with E-state index in [1.165, 1.54) is 7.11 Å². The zero-order valence-electron chi connectivity index (χ0n) is 14.8. The van der Waals surface area contributed by atoms with E-state index in [9.17, 15) is 4.79 Å². The van der Waals surface area contributed by atoms with E-state index in [0.717, 1.165) is 5.56 Å². The van der Waals surface area contributed by atoms with Crippen LogP contribution in [0, 0.1) is 0 Å². The van der Waals surface area contributed by atoms with Crippen molar-refractivity contribution in [3.8, 4) is 0 Å². The maximum atomic E-state index is 12.4. The summed E-state index contributed by atoms with van der Waals surface area (Å²) in [6, 6.07) is 18.4. The van der Waals surface area contributed by atoms with E-state index in [4.69, 9.17) is 23.7 Å². The number of esters is 1. The third-order valence-electron chi connectivity index (χ3n) is 4.42. The second-order valence-electron chi connectivity index (χ2n) is 6.24. The summed E-state index contributed by atoms with van der Waals surface area (Å²) in [5.74, 6) is -0.195. The molecule has 27 heavy (non-hydrogen) atoms. The number of hydrogen-bond donors (Lipinski definition) is 0. The zero-order chi connectivity index (χ0) is 18.6. The summed E-state index contributed by atoms with van der Waals surface area (Å²) in [4.78, 5) is 12.4. The average molecular weight is 368 g/mol. The van der Waals surface area contributed by atoms with Crippen LogP contribution < -0.4 is 0 Å². The molecule has 0 spiro atoms. The van der Waals surface area contributed by atoms with Crippen LogP contribution in [0.4, 0.5) is 0 Å². The van der Waals surface area contributed by atoms with Gasteiger partial charge in [-0.05, 0) is 18.2 Å². The number of fused-ring (bicyclic) bond motifs is 1. The van der Waals surface area contributed by atoms with Gasteiger partial charge in [-0.25, -0.2) is 4.79 Å². The Bertz CT molecular complexity index is 804. The Morgan fingerprint density at radius 2 is 1.70 bits per heavy atom. The first kappa shape index (κ1) is 17.9. The molecule has 140 valence electrons. The normalized spacial score (nSPS) is 27.4. The van der Waals surface area contributed by atoms with Crippen molar-refractivity contribution in [2.24, 2.45) is 0 Å². The van der Waals surface area contributed by atoms with Crippen LogP contribution in [-0.2, 0) is 23.7 Å². The zero-order valence-corrected chi connectivity index (χ0v) is 14.8. The highest BCUT2D eigenvalue weighted by Gasteiger charge is 2.40. The van der Waals surface area contributed by atoms with Gasteiger partial charge in [-0.1, -0.05) is 48.5 Å². The molecule has 4 atom stereocenters. The van der Waals surface area contributed by atoms with Gasteiger partial charge < -0.3 is 23.7 Å². The number of rotatable bonds is 4. The third-order valence-corrected chi connectivity index (χ3v) is 4.42. The number of carbonyl (C=O) groups is 1. The summed E-state index contributed by atoms with van der Waals surface area (Å²) in [6.07, 6.45) is -0.304. The molecule has 6 heteroatoms. The summed E-state index contributed by atoms with van der Waals surface area (Å²) in [5.41, 5.74) is 1.37. The third kappa shape index (κ3) is 3.94. The molecule has 0 saturated carbocycles. The minimum Gasteiger partial charge on any atom is -0.422 e. The lowest BCUT2D eigenvalue weighted by Gasteiger charge is -2.39. The molecular weight excluding hydrogens is 348 g/mol. The van der Waals surface area contributed by atoms with Crippen molar-refractivity contribution < 1.29 is 28.5 Å². The van der Waals surface area contributed by atoms with Crippen LogP contribution >= 0.6 is 0 Å². The van der Waals surface area contributed by atoms with Gasteiger partial charge in [0, 0.05) is 12.7 Å². The first-order chi connectivity index (χ1) is 13.2. The predicted molar refractivity (Wildman–Crippen MR) is 95.6 cm³/mol. The van der Waals surface area contributed by atoms with E-state index in [1.54, 1.807) is 30.3 Å². The standard InChI is InChI=1S/C21H20O6/c1-23-21-17(25-19(22)14-8-4-2-5-9-14)12-16-18(27-21)13-24-20(26-16)15-10-6-3-7-11-15/h2-12,16,18,20-21H,13H2,1H3/t16-,18+,20+,21-/m0/s1. The molecule has 0 radical (unpaired) electrons. The second kappa shape index (κ2) is 8.02. The Morgan fingerprint density at radius 3 is 2.41 bits per heavy atom. The molecule has 0 amide bonds. The number of benzene rings is 2. The lowest BCUT2D eigenvalue weighted by Crippen LogP contribution is -2.47. The van der Waals surface area contributed by atoms with Crippen LogP contribution in [-0.4, -0.2) is 38.2 Å². The molecule has 2 aliphatic heterocycles. The number of ether oxygens (including phenoxy) is 5. The van der Waals surface area contributed by atoms with Crippen LogP contribution in [0.15, 0.2) is 72.5 Å². The van der Waals surface area contributed by atoms with Crippen molar-refractivity contribution in [3.63, 3.8) is 0 Å². The fourth-order valence-corrected chi connectivity index (χ4v) is 3.06. The summed E-state index contributed by atoms with van der Waals surface area (Å²) >= 11 is 0. The molecule has 2 aromatic rings. The molecule has 2 aromatic carbocycles. The Hall–Kier alpha value is -2.51. The molecule has 4 rings (SSSR count). The van der Waals surface area contributed by atoms with E-state index in [0.29, 0.717) is 12.2 Å². The van der Waals surface area contributed by atoms with Crippen LogP contribution in [0.3, 0.4) is 0 Å². The van der Waals surface area contributed by atoms with Crippen LogP contribution in [0.5, 0.6) is 0 Å². The topological polar surface area (TPSA) is 63.2 Å². The lowest BCUT2D eigenvalue weighted by molar-refractivity contribution is -0.287. The fourth-order valence-electron chi connectivity index (χ4n) is 3.06. The fraction of sp³-hybridized carbons (Fsp3) is 0.286. The van der Waals surface area contributed by atoms with Crippen LogP contribution in [0.25, 0.3) is 0 Å². The lowest BCUT2D eigenvalue weighted by atomic mass is 10.1. The molecule has 2 aliphatic rings. The quantitative estimate of drug-likeness (QED) is 0.773. The minimum atomic E-state index is -0.792. The van der Waals surface area contributed by atoms with Gasteiger partial charge in [0.15, 0.2) is 12.0 Å². The first-order valence-electron chi connectivity index (χ1n) is 8.74. The molecule has 1 saturated heterocycles. The first-order valence-corrected chi connectivity index (χ1v) is 8.74. The smallest absolute Gasteiger partial charge is 0.343 e. The van der Waals surface area contributed by atoms with Gasteiger partial charge in [-0.15, -0.1) is 0 Å². The Labute approximate surface area is 157 Å². The van der Waals surface area contributed by atoms with Gasteiger partial charge in [0.2, 0.25) is 6.29 Å². The minimum absolute atomic E-state index is 0.279. The van der Waals surface area contributed by atoms with E-state index >= 15 is 0 Å². The van der Waals surface area contributed by atoms with E-state index in [1.807, 2.05) is 36.4 Å². The Balaban J connectivity index is 1.52. The maximum absolute atomic E-state index is 12.4. The van der Waals surface area contributed by atoms with E-state index in [-0.39, 0.29) is 11.9 Å². The van der Waals surface area contributed by atoms with Crippen molar-refractivity contribution in [1.29, 1.82) is 0 Å². The number of methoxy groups -OCH3 is 1. The molecule has 0 N–H and O–H groups in total. The highest BCUT2D eigenvalue weighted by atomic mass is 16.7. The van der Waals surface area contributed by atoms with Gasteiger partial charge in [0.1, 0.15) is 12.2 Å². The highest BCUT2D eigenvalue weighted by Crippen LogP contribution is 2.33. The van der Waals surface area contributed by atoms with Crippen molar-refractivity contribution in [2.75, 3.05) is 13.7 Å². The average Bonchev–Trinajstić information content (AvgIpc) is 2.74. The summed E-state index contributed by atoms with van der Waals surface area (Å²) in [6.45, 7) is 0.348. The van der Waals surface area contributed by atoms with Gasteiger partial charge in [0.25, 0.3) is 0 Å². The molecule has 0 bridgehead atoms. The van der Waals surface area contributed by atoms with Gasteiger partial charge in [-0.2, -0.15) is 0 Å².